The van der Waals surface area contributed by atoms with Crippen LogP contribution in [0.15, 0.2) is 35.9 Å². The Bertz CT molecular complexity index is 1230. The fourth-order valence-electron chi connectivity index (χ4n) is 5.36. The number of anilines is 2. The Labute approximate surface area is 211 Å². The first kappa shape index (κ1) is 24.4. The van der Waals surface area contributed by atoms with E-state index < -0.39 is 11.8 Å². The van der Waals surface area contributed by atoms with Gasteiger partial charge in [0.1, 0.15) is 5.57 Å². The lowest BCUT2D eigenvalue weighted by Gasteiger charge is -2.47. The quantitative estimate of drug-likeness (QED) is 0.327. The van der Waals surface area contributed by atoms with Crippen LogP contribution in [0.5, 0.6) is 0 Å². The average molecular weight is 496 g/mol. The highest BCUT2D eigenvalue weighted by atomic mass is 35.5. The fraction of sp³-hybridized carbons (Fsp3) is 0.370. The monoisotopic (exact) mass is 495 g/mol. The number of hydrogen-bond acceptors (Lipinski definition) is 4. The largest absolute Gasteiger partial charge is 0.366 e. The van der Waals surface area contributed by atoms with Gasteiger partial charge in [0.25, 0.3) is 11.8 Å². The van der Waals surface area contributed by atoms with Crippen molar-refractivity contribution in [2.45, 2.75) is 59.4 Å². The molecule has 2 heterocycles. The predicted molar refractivity (Wildman–Crippen MR) is 144 cm³/mol. The molecule has 1 unspecified atom stereocenters. The van der Waals surface area contributed by atoms with E-state index in [2.05, 4.69) is 37.9 Å². The third-order valence-corrected chi connectivity index (χ3v) is 7.30. The van der Waals surface area contributed by atoms with Crippen LogP contribution in [0.4, 0.5) is 11.4 Å². The summed E-state index contributed by atoms with van der Waals surface area (Å²) >= 11 is 12.1. The molecule has 1 N–H and O–H groups in total. The number of aryl methyl sites for hydroxylation is 2. The third kappa shape index (κ3) is 4.25. The van der Waals surface area contributed by atoms with Gasteiger partial charge in [-0.2, -0.15) is 0 Å². The number of rotatable bonds is 3. The van der Waals surface area contributed by atoms with E-state index in [1.54, 1.807) is 6.08 Å². The van der Waals surface area contributed by atoms with Gasteiger partial charge in [0.05, 0.1) is 5.69 Å². The van der Waals surface area contributed by atoms with Gasteiger partial charge < -0.3 is 4.90 Å². The van der Waals surface area contributed by atoms with Gasteiger partial charge >= 0.3 is 0 Å². The SMILES string of the molecule is CCN1c2cc(Cl)c(/C=C3/C(=O)NC(=S)N(c4cc(C)cc(C)c4)C3=O)cc2C(C)CC1(C)C. The van der Waals surface area contributed by atoms with Crippen LogP contribution >= 0.6 is 23.8 Å². The van der Waals surface area contributed by atoms with Crippen LogP contribution in [0, 0.1) is 13.8 Å². The Hall–Kier alpha value is -2.70. The van der Waals surface area contributed by atoms with Gasteiger partial charge in [0, 0.05) is 22.8 Å². The maximum absolute atomic E-state index is 13.5. The van der Waals surface area contributed by atoms with Crippen LogP contribution in [-0.4, -0.2) is 29.0 Å². The number of nitrogens with zero attached hydrogens (tertiary/aromatic N) is 2. The maximum Gasteiger partial charge on any atom is 0.270 e. The van der Waals surface area contributed by atoms with E-state index in [-0.39, 0.29) is 16.2 Å². The van der Waals surface area contributed by atoms with Gasteiger partial charge in [0.2, 0.25) is 0 Å². The van der Waals surface area contributed by atoms with E-state index >= 15 is 0 Å². The van der Waals surface area contributed by atoms with Crippen molar-refractivity contribution in [1.82, 2.24) is 5.32 Å². The van der Waals surface area contributed by atoms with Crippen LogP contribution in [0.3, 0.4) is 0 Å². The molecule has 2 aliphatic rings. The van der Waals surface area contributed by atoms with Crippen molar-refractivity contribution in [2.24, 2.45) is 0 Å². The van der Waals surface area contributed by atoms with E-state index in [0.717, 1.165) is 29.8 Å². The zero-order chi connectivity index (χ0) is 24.9. The average Bonchev–Trinajstić information content (AvgIpc) is 2.70. The lowest BCUT2D eigenvalue weighted by Crippen LogP contribution is -2.54. The van der Waals surface area contributed by atoms with Gasteiger partial charge in [0.15, 0.2) is 5.11 Å². The zero-order valence-electron chi connectivity index (χ0n) is 20.5. The zero-order valence-corrected chi connectivity index (χ0v) is 22.0. The number of carbonyl (C=O) groups is 2. The molecule has 5 nitrogen and oxygen atoms in total. The number of carbonyl (C=O) groups excluding carboxylic acids is 2. The van der Waals surface area contributed by atoms with Gasteiger partial charge in [-0.1, -0.05) is 24.6 Å². The molecule has 1 fully saturated rings. The number of amides is 2. The number of fused-ring (bicyclic) bond motifs is 1. The molecule has 7 heteroatoms. The summed E-state index contributed by atoms with van der Waals surface area (Å²) in [6.45, 7) is 13.6. The van der Waals surface area contributed by atoms with Crippen molar-refractivity contribution in [1.29, 1.82) is 0 Å². The highest BCUT2D eigenvalue weighted by molar-refractivity contribution is 7.80. The fourth-order valence-corrected chi connectivity index (χ4v) is 5.85. The Kier molecular flexibility index (Phi) is 6.34. The summed E-state index contributed by atoms with van der Waals surface area (Å²) in [6, 6.07) is 9.75. The van der Waals surface area contributed by atoms with E-state index in [0.29, 0.717) is 22.2 Å². The second-order valence-electron chi connectivity index (χ2n) is 9.90. The number of nitrogens with one attached hydrogen (secondary N) is 1. The molecule has 178 valence electrons. The minimum atomic E-state index is -0.520. The molecule has 34 heavy (non-hydrogen) atoms. The van der Waals surface area contributed by atoms with E-state index in [1.807, 2.05) is 44.2 Å². The first-order valence-corrected chi connectivity index (χ1v) is 12.3. The molecule has 1 saturated heterocycles. The van der Waals surface area contributed by atoms with Gasteiger partial charge in [-0.05, 0) is 112 Å². The number of halogens is 1. The molecule has 0 saturated carbocycles. The molecule has 2 aliphatic heterocycles. The number of thiocarbonyl (C=S) groups is 1. The summed E-state index contributed by atoms with van der Waals surface area (Å²) in [5.74, 6) is -0.664. The molecule has 2 aromatic carbocycles. The van der Waals surface area contributed by atoms with Gasteiger partial charge in [-0.3, -0.25) is 19.8 Å². The lowest BCUT2D eigenvalue weighted by atomic mass is 9.79. The van der Waals surface area contributed by atoms with Crippen molar-refractivity contribution >= 4 is 58.2 Å². The molecule has 0 aliphatic carbocycles. The molecule has 2 aromatic rings. The van der Waals surface area contributed by atoms with E-state index in [9.17, 15) is 9.59 Å². The number of hydrogen-bond donors (Lipinski definition) is 1. The standard InChI is InChI=1S/C27H30ClN3O2S/c1-7-30-23-13-22(28)18(11-20(23)17(4)14-27(30,5)6)12-21-24(32)29-26(34)31(25(21)33)19-9-15(2)8-16(3)10-19/h8-13,17H,7,14H2,1-6H3,(H,29,32,34)/b21-12-. The van der Waals surface area contributed by atoms with Gasteiger partial charge in [-0.25, -0.2) is 0 Å². The molecule has 4 rings (SSSR count). The number of benzene rings is 2. The summed E-state index contributed by atoms with van der Waals surface area (Å²) in [5.41, 5.74) is 5.58. The minimum absolute atomic E-state index is 0.00532. The van der Waals surface area contributed by atoms with Crippen molar-refractivity contribution in [3.63, 3.8) is 0 Å². The topological polar surface area (TPSA) is 52.7 Å². The van der Waals surface area contributed by atoms with Crippen LogP contribution in [0.25, 0.3) is 6.08 Å². The normalized spacial score (nSPS) is 21.1. The van der Waals surface area contributed by atoms with Crippen LogP contribution in [-0.2, 0) is 9.59 Å². The molecule has 2 amide bonds. The van der Waals surface area contributed by atoms with Crippen LogP contribution < -0.4 is 15.1 Å². The van der Waals surface area contributed by atoms with Crippen molar-refractivity contribution in [3.8, 4) is 0 Å². The Morgan fingerprint density at radius 2 is 1.79 bits per heavy atom. The molecule has 1 atom stereocenters. The Morgan fingerprint density at radius 1 is 1.15 bits per heavy atom. The first-order chi connectivity index (χ1) is 15.9. The smallest absolute Gasteiger partial charge is 0.270 e. The second kappa shape index (κ2) is 8.82. The molecular weight excluding hydrogens is 466 g/mol. The van der Waals surface area contributed by atoms with Gasteiger partial charge in [-0.15, -0.1) is 0 Å². The second-order valence-corrected chi connectivity index (χ2v) is 10.7. The molecular formula is C27H30ClN3O2S. The highest BCUT2D eigenvalue weighted by Crippen LogP contribution is 2.45. The van der Waals surface area contributed by atoms with Crippen molar-refractivity contribution in [2.75, 3.05) is 16.3 Å². The predicted octanol–water partition coefficient (Wildman–Crippen LogP) is 5.90. The third-order valence-electron chi connectivity index (χ3n) is 6.69. The van der Waals surface area contributed by atoms with Crippen LogP contribution in [0.1, 0.15) is 62.3 Å². The highest BCUT2D eigenvalue weighted by Gasteiger charge is 2.37. The summed E-state index contributed by atoms with van der Waals surface area (Å²) in [5, 5.41) is 3.24. The van der Waals surface area contributed by atoms with Crippen molar-refractivity contribution < 1.29 is 9.59 Å². The summed E-state index contributed by atoms with van der Waals surface area (Å²) < 4.78 is 0. The Morgan fingerprint density at radius 3 is 2.41 bits per heavy atom. The summed E-state index contributed by atoms with van der Waals surface area (Å²) in [4.78, 5) is 30.0. The van der Waals surface area contributed by atoms with E-state index in [1.165, 1.54) is 10.5 Å². The van der Waals surface area contributed by atoms with E-state index in [4.69, 9.17) is 23.8 Å². The Balaban J connectivity index is 1.79. The van der Waals surface area contributed by atoms with Crippen molar-refractivity contribution in [3.05, 3.63) is 63.2 Å². The molecule has 0 spiro atoms. The molecule has 0 radical (unpaired) electrons. The summed E-state index contributed by atoms with van der Waals surface area (Å²) in [7, 11) is 0. The first-order valence-electron chi connectivity index (χ1n) is 11.5. The lowest BCUT2D eigenvalue weighted by molar-refractivity contribution is -0.122. The maximum atomic E-state index is 13.5. The minimum Gasteiger partial charge on any atom is -0.366 e. The summed E-state index contributed by atoms with van der Waals surface area (Å²) in [6.07, 6.45) is 2.58. The molecule has 0 aromatic heterocycles. The molecule has 0 bridgehead atoms. The van der Waals surface area contributed by atoms with Crippen LogP contribution in [0.2, 0.25) is 5.02 Å².